The summed E-state index contributed by atoms with van der Waals surface area (Å²) in [5, 5.41) is 0.687. The van der Waals surface area contributed by atoms with Crippen molar-refractivity contribution in [2.24, 2.45) is 0 Å². The highest BCUT2D eigenvalue weighted by Gasteiger charge is 2.23. The first-order chi connectivity index (χ1) is 15.5. The van der Waals surface area contributed by atoms with Crippen molar-refractivity contribution in [1.82, 2.24) is 4.98 Å². The zero-order valence-corrected chi connectivity index (χ0v) is 18.2. The summed E-state index contributed by atoms with van der Waals surface area (Å²) in [5.41, 5.74) is 4.02. The van der Waals surface area contributed by atoms with Gasteiger partial charge in [-0.25, -0.2) is 9.78 Å². The summed E-state index contributed by atoms with van der Waals surface area (Å²) in [7, 11) is 1.61. The molecule has 1 atom stereocenters. The molecule has 0 aliphatic rings. The third-order valence-corrected chi connectivity index (χ3v) is 5.36. The number of benzene rings is 3. The lowest BCUT2D eigenvalue weighted by Crippen LogP contribution is -2.24. The van der Waals surface area contributed by atoms with Gasteiger partial charge >= 0.3 is 5.97 Å². The number of hydrogen-bond acceptors (Lipinski definition) is 5. The van der Waals surface area contributed by atoms with E-state index in [0.717, 1.165) is 22.4 Å². The third-order valence-electron chi connectivity index (χ3n) is 5.36. The Morgan fingerprint density at radius 2 is 1.62 bits per heavy atom. The van der Waals surface area contributed by atoms with Crippen LogP contribution in [0.3, 0.4) is 0 Å². The third kappa shape index (κ3) is 4.23. The van der Waals surface area contributed by atoms with Gasteiger partial charge in [0.05, 0.1) is 23.9 Å². The highest BCUT2D eigenvalue weighted by molar-refractivity contribution is 6.07. The van der Waals surface area contributed by atoms with Crippen LogP contribution in [0, 0.1) is 6.92 Å². The number of para-hydroxylation sites is 1. The summed E-state index contributed by atoms with van der Waals surface area (Å²) < 4.78 is 10.8. The molecule has 0 spiro atoms. The van der Waals surface area contributed by atoms with Gasteiger partial charge < -0.3 is 9.47 Å². The fourth-order valence-corrected chi connectivity index (χ4v) is 3.59. The second kappa shape index (κ2) is 9.02. The van der Waals surface area contributed by atoms with Crippen LogP contribution in [0.1, 0.15) is 33.2 Å². The van der Waals surface area contributed by atoms with Crippen LogP contribution in [0.4, 0.5) is 0 Å². The number of ether oxygens (including phenoxy) is 2. The standard InChI is InChI=1S/C27H23NO4/c1-17-8-7-11-22-23(27(30)32-18(2)26(29)20-9-5-4-6-10-20)16-24(28-25(17)22)19-12-14-21(31-3)15-13-19/h4-16,18H,1-3H3/t18-/m1/s1. The summed E-state index contributed by atoms with van der Waals surface area (Å²) in [4.78, 5) is 30.6. The van der Waals surface area contributed by atoms with Crippen molar-refractivity contribution >= 4 is 22.7 Å². The van der Waals surface area contributed by atoms with Crippen LogP contribution in [-0.4, -0.2) is 30.0 Å². The van der Waals surface area contributed by atoms with E-state index in [0.29, 0.717) is 22.2 Å². The second-order valence-electron chi connectivity index (χ2n) is 7.53. The smallest absolute Gasteiger partial charge is 0.339 e. The quantitative estimate of drug-likeness (QED) is 0.295. The molecule has 0 radical (unpaired) electrons. The van der Waals surface area contributed by atoms with E-state index in [-0.39, 0.29) is 5.78 Å². The van der Waals surface area contributed by atoms with E-state index in [1.54, 1.807) is 44.4 Å². The number of Topliss-reactive ketones (excluding diaryl/α,β-unsaturated/α-hetero) is 1. The summed E-state index contributed by atoms with van der Waals surface area (Å²) >= 11 is 0. The molecule has 3 aromatic carbocycles. The molecule has 1 aromatic heterocycles. The SMILES string of the molecule is COc1ccc(-c2cc(C(=O)O[C@H](C)C(=O)c3ccccc3)c3cccc(C)c3n2)cc1. The molecule has 0 aliphatic heterocycles. The van der Waals surface area contributed by atoms with Crippen molar-refractivity contribution in [1.29, 1.82) is 0 Å². The Morgan fingerprint density at radius 1 is 0.906 bits per heavy atom. The summed E-state index contributed by atoms with van der Waals surface area (Å²) in [6.07, 6.45) is -0.914. The van der Waals surface area contributed by atoms with Gasteiger partial charge in [-0.2, -0.15) is 0 Å². The van der Waals surface area contributed by atoms with Gasteiger partial charge in [0, 0.05) is 16.5 Å². The van der Waals surface area contributed by atoms with Gasteiger partial charge in [0.2, 0.25) is 5.78 Å². The van der Waals surface area contributed by atoms with Gasteiger partial charge in [-0.1, -0.05) is 48.5 Å². The minimum Gasteiger partial charge on any atom is -0.497 e. The van der Waals surface area contributed by atoms with Crippen LogP contribution in [0.15, 0.2) is 78.9 Å². The molecule has 0 amide bonds. The molecule has 0 N–H and O–H groups in total. The van der Waals surface area contributed by atoms with Crippen molar-refractivity contribution in [3.63, 3.8) is 0 Å². The van der Waals surface area contributed by atoms with E-state index in [9.17, 15) is 9.59 Å². The number of aromatic nitrogens is 1. The van der Waals surface area contributed by atoms with E-state index in [4.69, 9.17) is 14.5 Å². The van der Waals surface area contributed by atoms with Gasteiger partial charge in [-0.15, -0.1) is 0 Å². The number of rotatable bonds is 6. The number of methoxy groups -OCH3 is 1. The molecule has 0 fully saturated rings. The van der Waals surface area contributed by atoms with Crippen LogP contribution in [-0.2, 0) is 4.74 Å². The predicted molar refractivity (Wildman–Crippen MR) is 124 cm³/mol. The topological polar surface area (TPSA) is 65.5 Å². The second-order valence-corrected chi connectivity index (χ2v) is 7.53. The monoisotopic (exact) mass is 425 g/mol. The lowest BCUT2D eigenvalue weighted by atomic mass is 10.0. The molecule has 0 aliphatic carbocycles. The molecular weight excluding hydrogens is 402 g/mol. The average molecular weight is 425 g/mol. The molecule has 4 rings (SSSR count). The number of nitrogens with zero attached hydrogens (tertiary/aromatic N) is 1. The predicted octanol–water partition coefficient (Wildman–Crippen LogP) is 5.65. The van der Waals surface area contributed by atoms with Crippen LogP contribution in [0.5, 0.6) is 5.75 Å². The maximum atomic E-state index is 13.2. The molecule has 1 heterocycles. The van der Waals surface area contributed by atoms with Crippen molar-refractivity contribution < 1.29 is 19.1 Å². The highest BCUT2D eigenvalue weighted by atomic mass is 16.5. The fourth-order valence-electron chi connectivity index (χ4n) is 3.59. The Morgan fingerprint density at radius 3 is 2.31 bits per heavy atom. The first-order valence-corrected chi connectivity index (χ1v) is 10.3. The summed E-state index contributed by atoms with van der Waals surface area (Å²) in [5.74, 6) is -0.0722. The van der Waals surface area contributed by atoms with Crippen LogP contribution in [0.2, 0.25) is 0 Å². The molecular formula is C27H23NO4. The van der Waals surface area contributed by atoms with Gasteiger partial charge in [0.15, 0.2) is 6.10 Å². The number of hydrogen-bond donors (Lipinski definition) is 0. The Bertz CT molecular complexity index is 1280. The summed E-state index contributed by atoms with van der Waals surface area (Å²) in [6, 6.07) is 23.7. The first-order valence-electron chi connectivity index (χ1n) is 10.3. The van der Waals surface area contributed by atoms with Crippen molar-refractivity contribution in [3.8, 4) is 17.0 Å². The Hall–Kier alpha value is -3.99. The van der Waals surface area contributed by atoms with Crippen molar-refractivity contribution in [2.45, 2.75) is 20.0 Å². The molecule has 0 saturated carbocycles. The van der Waals surface area contributed by atoms with Gasteiger partial charge in [-0.3, -0.25) is 4.79 Å². The number of fused-ring (bicyclic) bond motifs is 1. The van der Waals surface area contributed by atoms with Gasteiger partial charge in [-0.05, 0) is 49.7 Å². The van der Waals surface area contributed by atoms with E-state index in [2.05, 4.69) is 0 Å². The minimum absolute atomic E-state index is 0.246. The molecule has 5 heteroatoms. The molecule has 0 saturated heterocycles. The van der Waals surface area contributed by atoms with Crippen molar-refractivity contribution in [2.75, 3.05) is 7.11 Å². The van der Waals surface area contributed by atoms with Crippen LogP contribution < -0.4 is 4.74 Å². The number of aryl methyl sites for hydroxylation is 1. The summed E-state index contributed by atoms with van der Waals surface area (Å²) in [6.45, 7) is 3.54. The zero-order valence-electron chi connectivity index (χ0n) is 18.2. The fraction of sp³-hybridized carbons (Fsp3) is 0.148. The number of carbonyl (C=O) groups excluding carboxylic acids is 2. The van der Waals surface area contributed by atoms with Crippen molar-refractivity contribution in [3.05, 3.63) is 95.6 Å². The normalized spacial score (nSPS) is 11.7. The lowest BCUT2D eigenvalue weighted by Gasteiger charge is -2.15. The number of esters is 1. The molecule has 0 bridgehead atoms. The minimum atomic E-state index is -0.914. The largest absolute Gasteiger partial charge is 0.497 e. The average Bonchev–Trinajstić information content (AvgIpc) is 2.83. The van der Waals surface area contributed by atoms with E-state index < -0.39 is 12.1 Å². The Labute approximate surface area is 186 Å². The molecule has 5 nitrogen and oxygen atoms in total. The molecule has 160 valence electrons. The molecule has 32 heavy (non-hydrogen) atoms. The number of ketones is 1. The highest BCUT2D eigenvalue weighted by Crippen LogP contribution is 2.28. The van der Waals surface area contributed by atoms with E-state index in [1.165, 1.54) is 0 Å². The van der Waals surface area contributed by atoms with Crippen LogP contribution in [0.25, 0.3) is 22.2 Å². The molecule has 0 unspecified atom stereocenters. The van der Waals surface area contributed by atoms with Crippen LogP contribution >= 0.6 is 0 Å². The lowest BCUT2D eigenvalue weighted by molar-refractivity contribution is 0.0320. The zero-order chi connectivity index (χ0) is 22.7. The maximum Gasteiger partial charge on any atom is 0.339 e. The number of pyridine rings is 1. The van der Waals surface area contributed by atoms with E-state index >= 15 is 0 Å². The van der Waals surface area contributed by atoms with Gasteiger partial charge in [0.25, 0.3) is 0 Å². The van der Waals surface area contributed by atoms with Gasteiger partial charge in [0.1, 0.15) is 5.75 Å². The van der Waals surface area contributed by atoms with E-state index in [1.807, 2.05) is 55.5 Å². The first kappa shape index (κ1) is 21.2. The number of carbonyl (C=O) groups is 2. The Kier molecular flexibility index (Phi) is 5.99. The molecule has 4 aromatic rings. The maximum absolute atomic E-state index is 13.2. The Balaban J connectivity index is 1.72.